The van der Waals surface area contributed by atoms with Gasteiger partial charge in [-0.3, -0.25) is 32.5 Å². The Balaban J connectivity index is 4.71. The van der Waals surface area contributed by atoms with Gasteiger partial charge in [-0.1, -0.05) is 234 Å². The maximum atomic E-state index is 12.9. The molecule has 0 aromatic carbocycles. The number of hydrogen-bond donors (Lipinski definition) is 4. The number of esters is 3. The zero-order chi connectivity index (χ0) is 61.0. The van der Waals surface area contributed by atoms with E-state index >= 15 is 0 Å². The van der Waals surface area contributed by atoms with Gasteiger partial charge < -0.3 is 34.2 Å². The Morgan fingerprint density at radius 1 is 0.349 bits per heavy atom. The van der Waals surface area contributed by atoms with Gasteiger partial charge in [-0.15, -0.1) is 0 Å². The van der Waals surface area contributed by atoms with Crippen LogP contribution in [0.25, 0.3) is 0 Å². The fraction of sp³-hybridized carbons (Fsp3) is 0.708. The predicted octanol–water partition coefficient (Wildman–Crippen LogP) is 16.7. The number of rotatable bonds is 59. The van der Waals surface area contributed by atoms with Gasteiger partial charge in [0.2, 0.25) is 0 Å². The van der Waals surface area contributed by atoms with Crippen LogP contribution in [0.1, 0.15) is 239 Å². The van der Waals surface area contributed by atoms with Crippen LogP contribution in [0.4, 0.5) is 0 Å². The summed E-state index contributed by atoms with van der Waals surface area (Å²) >= 11 is 0. The van der Waals surface area contributed by atoms with E-state index in [1.807, 2.05) is 18.2 Å². The van der Waals surface area contributed by atoms with Gasteiger partial charge in [-0.2, -0.15) is 0 Å². The van der Waals surface area contributed by atoms with Crippen LogP contribution in [-0.2, 0) is 55.8 Å². The summed E-state index contributed by atoms with van der Waals surface area (Å²) in [7, 11) is -9.79. The molecule has 0 aliphatic rings. The summed E-state index contributed by atoms with van der Waals surface area (Å²) in [5, 5.41) is 20.5. The molecule has 16 nitrogen and oxygen atoms in total. The molecule has 0 heterocycles. The van der Waals surface area contributed by atoms with Crippen molar-refractivity contribution in [2.45, 2.75) is 257 Å². The lowest BCUT2D eigenvalue weighted by molar-refractivity contribution is -0.161. The molecule has 0 amide bonds. The largest absolute Gasteiger partial charge is 0.472 e. The lowest BCUT2D eigenvalue weighted by Gasteiger charge is -2.21. The zero-order valence-electron chi connectivity index (χ0n) is 51.3. The van der Waals surface area contributed by atoms with Gasteiger partial charge in [-0.25, -0.2) is 9.13 Å². The van der Waals surface area contributed by atoms with E-state index in [1.165, 1.54) is 70.6 Å². The van der Waals surface area contributed by atoms with Crippen molar-refractivity contribution >= 4 is 33.6 Å². The maximum Gasteiger partial charge on any atom is 0.472 e. The van der Waals surface area contributed by atoms with E-state index < -0.39 is 91.5 Å². The molecule has 0 bridgehead atoms. The average molecular weight is 1210 g/mol. The second kappa shape index (κ2) is 58.8. The summed E-state index contributed by atoms with van der Waals surface area (Å²) in [5.74, 6) is -1.67. The SMILES string of the molecule is CC/C=C\C/C=C\C/C=C\C/C=C\C/C=C\C/C=C\CCC(=O)OCC(O)COP(=O)(O)OCC(O)COP(=O)(O)OCC(COC(=O)CCCCCCCCCCCCCCCCC)OC(=O)CCCCCCC/C=C\C/C=C\CCC. The molecule has 0 fully saturated rings. The first-order valence-corrected chi connectivity index (χ1v) is 34.5. The third-order valence-electron chi connectivity index (χ3n) is 12.8. The second-order valence-electron chi connectivity index (χ2n) is 20.8. The molecule has 4 N–H and O–H groups in total. The second-order valence-corrected chi connectivity index (χ2v) is 23.7. The molecule has 5 unspecified atom stereocenters. The van der Waals surface area contributed by atoms with Crippen molar-refractivity contribution in [3.8, 4) is 0 Å². The van der Waals surface area contributed by atoms with E-state index in [1.54, 1.807) is 0 Å². The summed E-state index contributed by atoms with van der Waals surface area (Å²) in [4.78, 5) is 58.1. The smallest absolute Gasteiger partial charge is 0.463 e. The highest BCUT2D eigenvalue weighted by Crippen LogP contribution is 2.45. The van der Waals surface area contributed by atoms with Gasteiger partial charge in [0.25, 0.3) is 0 Å². The topological polar surface area (TPSA) is 231 Å². The van der Waals surface area contributed by atoms with Crippen LogP contribution in [0.5, 0.6) is 0 Å². The normalized spacial score (nSPS) is 15.0. The minimum atomic E-state index is -4.92. The van der Waals surface area contributed by atoms with Crippen LogP contribution < -0.4 is 0 Å². The minimum absolute atomic E-state index is 0.0589. The van der Waals surface area contributed by atoms with E-state index in [2.05, 4.69) is 99.8 Å². The van der Waals surface area contributed by atoms with Crippen molar-refractivity contribution in [2.75, 3.05) is 39.6 Å². The van der Waals surface area contributed by atoms with Gasteiger partial charge in [-0.05, 0) is 83.5 Å². The Morgan fingerprint density at radius 3 is 1.13 bits per heavy atom. The Labute approximate surface area is 501 Å². The standard InChI is InChI=1S/C65H112O16P2/c1-4-7-10-13-16-19-22-25-27-28-29-30-32-35-36-39-42-45-48-51-63(68)75-54-60(66)55-77-82(71,72)78-56-61(67)57-79-83(73,74)80-59-62(81-65(70)53-50-47-44-41-38-33-24-21-18-15-12-9-6-3)58-76-64(69)52-49-46-43-40-37-34-31-26-23-20-17-14-11-8-5-2/h7,10,12,15-16,19,21,24-25,27,29-30,35-36,42,45,60-62,66-67H,4-6,8-9,11,13-14,17-18,20,22-23,26,28,31-34,37-41,43-44,46-59H2,1-3H3,(H,71,72)(H,73,74)/b10-7-,15-12-,19-16-,24-21-,27-25-,30-29-,36-35-,45-42-. The van der Waals surface area contributed by atoms with Gasteiger partial charge in [0.1, 0.15) is 25.4 Å². The predicted molar refractivity (Wildman–Crippen MR) is 334 cm³/mol. The third kappa shape index (κ3) is 60.0. The molecule has 5 atom stereocenters. The Hall–Kier alpha value is -3.53. The van der Waals surface area contributed by atoms with E-state index in [4.69, 9.17) is 32.3 Å². The number of hydrogen-bond acceptors (Lipinski definition) is 14. The van der Waals surface area contributed by atoms with Crippen molar-refractivity contribution in [2.24, 2.45) is 0 Å². The van der Waals surface area contributed by atoms with Crippen LogP contribution in [0.3, 0.4) is 0 Å². The highest BCUT2D eigenvalue weighted by atomic mass is 31.2. The number of phosphoric acid groups is 2. The van der Waals surface area contributed by atoms with Crippen molar-refractivity contribution < 1.29 is 75.8 Å². The first-order valence-electron chi connectivity index (χ1n) is 31.5. The number of allylic oxidation sites excluding steroid dienone is 16. The molecule has 0 aliphatic carbocycles. The van der Waals surface area contributed by atoms with E-state index in [-0.39, 0.29) is 19.3 Å². The first kappa shape index (κ1) is 79.5. The Morgan fingerprint density at radius 2 is 0.687 bits per heavy atom. The molecule has 478 valence electrons. The highest BCUT2D eigenvalue weighted by molar-refractivity contribution is 7.47. The molecule has 0 rings (SSSR count). The molecule has 18 heteroatoms. The molecular formula is C65H112O16P2. The number of aliphatic hydroxyl groups is 2. The quantitative estimate of drug-likeness (QED) is 0.0146. The summed E-state index contributed by atoms with van der Waals surface area (Å²) < 4.78 is 60.6. The van der Waals surface area contributed by atoms with Gasteiger partial charge in [0.05, 0.1) is 26.4 Å². The number of ether oxygens (including phenoxy) is 3. The van der Waals surface area contributed by atoms with E-state index in [9.17, 15) is 43.5 Å². The number of phosphoric ester groups is 2. The lowest BCUT2D eigenvalue weighted by atomic mass is 10.0. The molecule has 0 saturated carbocycles. The average Bonchev–Trinajstić information content (AvgIpc) is 3.46. The summed E-state index contributed by atoms with van der Waals surface area (Å²) in [6.07, 6.45) is 62.0. The van der Waals surface area contributed by atoms with Crippen LogP contribution in [0, 0.1) is 0 Å². The van der Waals surface area contributed by atoms with E-state index in [0.717, 1.165) is 103 Å². The zero-order valence-corrected chi connectivity index (χ0v) is 53.1. The maximum absolute atomic E-state index is 12.9. The monoisotopic (exact) mass is 1210 g/mol. The third-order valence-corrected chi connectivity index (χ3v) is 14.7. The molecule has 0 spiro atoms. The highest BCUT2D eigenvalue weighted by Gasteiger charge is 2.29. The number of unbranched alkanes of at least 4 members (excludes halogenated alkanes) is 20. The van der Waals surface area contributed by atoms with Gasteiger partial charge in [0.15, 0.2) is 6.10 Å². The molecule has 0 radical (unpaired) electrons. The van der Waals surface area contributed by atoms with Crippen molar-refractivity contribution in [1.82, 2.24) is 0 Å². The minimum Gasteiger partial charge on any atom is -0.463 e. The fourth-order valence-electron chi connectivity index (χ4n) is 7.99. The number of carbonyl (C=O) groups excluding carboxylic acids is 3. The molecule has 83 heavy (non-hydrogen) atoms. The van der Waals surface area contributed by atoms with Gasteiger partial charge in [0, 0.05) is 19.3 Å². The van der Waals surface area contributed by atoms with Crippen LogP contribution in [0.2, 0.25) is 0 Å². The van der Waals surface area contributed by atoms with Gasteiger partial charge >= 0.3 is 33.6 Å². The number of aliphatic hydroxyl groups excluding tert-OH is 2. The van der Waals surface area contributed by atoms with E-state index in [0.29, 0.717) is 25.7 Å². The van der Waals surface area contributed by atoms with Crippen molar-refractivity contribution in [3.63, 3.8) is 0 Å². The summed E-state index contributed by atoms with van der Waals surface area (Å²) in [5.41, 5.74) is 0. The van der Waals surface area contributed by atoms with Crippen LogP contribution in [-0.4, -0.2) is 95.9 Å². The Kier molecular flexibility index (Phi) is 56.3. The molecule has 0 saturated heterocycles. The molecular weight excluding hydrogens is 1100 g/mol. The molecule has 0 aromatic rings. The summed E-state index contributed by atoms with van der Waals surface area (Å²) in [6, 6.07) is 0. The fourth-order valence-corrected chi connectivity index (χ4v) is 9.57. The number of carbonyl (C=O) groups is 3. The molecule has 0 aliphatic heterocycles. The van der Waals surface area contributed by atoms with Crippen molar-refractivity contribution in [3.05, 3.63) is 97.2 Å². The lowest BCUT2D eigenvalue weighted by Crippen LogP contribution is -2.30. The van der Waals surface area contributed by atoms with Crippen LogP contribution >= 0.6 is 15.6 Å². The summed E-state index contributed by atoms with van der Waals surface area (Å²) in [6.45, 7) is 2.37. The van der Waals surface area contributed by atoms with Crippen LogP contribution in [0.15, 0.2) is 97.2 Å². The first-order chi connectivity index (χ1) is 40.2. The molecule has 0 aromatic heterocycles. The Bertz CT molecular complexity index is 1910. The van der Waals surface area contributed by atoms with Crippen molar-refractivity contribution in [1.29, 1.82) is 0 Å².